The summed E-state index contributed by atoms with van der Waals surface area (Å²) in [4.78, 5) is 12.8. The smallest absolute Gasteiger partial charge is 0.407 e. The zero-order chi connectivity index (χ0) is 19.6. The normalized spacial score (nSPS) is 27.4. The molecule has 1 amide bonds. The average molecular weight is 408 g/mol. The van der Waals surface area contributed by atoms with Gasteiger partial charge in [0, 0.05) is 28.4 Å². The quantitative estimate of drug-likeness (QED) is 0.670. The molecular formula is C18H14F2N2O5S. The van der Waals surface area contributed by atoms with Crippen molar-refractivity contribution in [2.75, 3.05) is 13.1 Å². The lowest BCUT2D eigenvalue weighted by Crippen LogP contribution is -2.53. The molecule has 2 aromatic carbocycles. The van der Waals surface area contributed by atoms with Crippen LogP contribution in [0.5, 0.6) is 0 Å². The highest BCUT2D eigenvalue weighted by Crippen LogP contribution is 2.39. The van der Waals surface area contributed by atoms with Gasteiger partial charge in [-0.15, -0.1) is 0 Å². The maximum Gasteiger partial charge on any atom is 0.407 e. The summed E-state index contributed by atoms with van der Waals surface area (Å²) in [6.45, 7) is 0.0906. The topological polar surface area (TPSA) is 81.0 Å². The zero-order valence-corrected chi connectivity index (χ0v) is 15.1. The molecule has 5 rings (SSSR count). The second-order valence-corrected chi connectivity index (χ2v) is 7.64. The molecule has 2 saturated heterocycles. The predicted molar refractivity (Wildman–Crippen MR) is 95.9 cm³/mol. The lowest BCUT2D eigenvalue weighted by molar-refractivity contribution is 0.0192. The summed E-state index contributed by atoms with van der Waals surface area (Å²) in [6, 6.07) is 7.73. The van der Waals surface area contributed by atoms with E-state index in [2.05, 4.69) is 0 Å². The van der Waals surface area contributed by atoms with E-state index in [1.165, 1.54) is 29.2 Å². The number of amides is 1. The van der Waals surface area contributed by atoms with Crippen molar-refractivity contribution >= 4 is 39.3 Å². The van der Waals surface area contributed by atoms with Crippen LogP contribution in [0.4, 0.5) is 13.6 Å². The van der Waals surface area contributed by atoms with Gasteiger partial charge in [-0.2, -0.15) is 4.21 Å². The highest BCUT2D eigenvalue weighted by molar-refractivity contribution is 7.75. The van der Waals surface area contributed by atoms with Crippen molar-refractivity contribution in [1.29, 1.82) is 0 Å². The number of nitrogens with zero attached hydrogens (tertiary/aromatic N) is 2. The number of aromatic nitrogens is 1. The first kappa shape index (κ1) is 17.5. The third kappa shape index (κ3) is 2.60. The summed E-state index contributed by atoms with van der Waals surface area (Å²) in [5.41, 5.74) is 1.19. The molecule has 146 valence electrons. The molecule has 2 aliphatic heterocycles. The summed E-state index contributed by atoms with van der Waals surface area (Å²) in [6.07, 6.45) is -2.50. The van der Waals surface area contributed by atoms with Crippen LogP contribution in [-0.2, 0) is 19.7 Å². The Balaban J connectivity index is 1.76. The molecule has 1 N–H and O–H groups in total. The third-order valence-corrected chi connectivity index (χ3v) is 6.06. The first-order valence-corrected chi connectivity index (χ1v) is 9.55. The van der Waals surface area contributed by atoms with Gasteiger partial charge >= 0.3 is 17.5 Å². The molecule has 0 bridgehead atoms. The minimum absolute atomic E-state index is 0.0304. The number of piperidine rings is 1. The van der Waals surface area contributed by atoms with Crippen molar-refractivity contribution in [3.05, 3.63) is 48.0 Å². The monoisotopic (exact) mass is 408 g/mol. The van der Waals surface area contributed by atoms with E-state index in [0.717, 1.165) is 0 Å². The van der Waals surface area contributed by atoms with Crippen LogP contribution in [0, 0.1) is 11.6 Å². The van der Waals surface area contributed by atoms with Gasteiger partial charge in [-0.05, 0) is 36.4 Å². The van der Waals surface area contributed by atoms with Crippen LogP contribution in [0.15, 0.2) is 36.4 Å². The lowest BCUT2D eigenvalue weighted by Gasteiger charge is -2.37. The predicted octanol–water partition coefficient (Wildman–Crippen LogP) is 2.97. The molecule has 4 unspecified atom stereocenters. The maximum absolute atomic E-state index is 13.9. The summed E-state index contributed by atoms with van der Waals surface area (Å²) >= 11 is -1.98. The van der Waals surface area contributed by atoms with Crippen LogP contribution in [0.2, 0.25) is 0 Å². The van der Waals surface area contributed by atoms with Crippen LogP contribution in [0.25, 0.3) is 21.8 Å². The number of hydrogen-bond acceptors (Lipinski definition) is 4. The number of carbonyl (C=O) groups is 1. The van der Waals surface area contributed by atoms with Gasteiger partial charge in [-0.25, -0.2) is 13.6 Å². The molecule has 4 atom stereocenters. The van der Waals surface area contributed by atoms with E-state index in [0.29, 0.717) is 21.8 Å². The number of fused-ring (bicyclic) bond motifs is 4. The minimum Gasteiger partial charge on any atom is -0.465 e. The van der Waals surface area contributed by atoms with Crippen LogP contribution < -0.4 is 0 Å². The molecule has 10 heteroatoms. The summed E-state index contributed by atoms with van der Waals surface area (Å²) in [5, 5.41) is 10.5. The Kier molecular flexibility index (Phi) is 3.90. The number of hydrogen-bond donors (Lipinski definition) is 1. The van der Waals surface area contributed by atoms with Crippen molar-refractivity contribution < 1.29 is 31.3 Å². The van der Waals surface area contributed by atoms with E-state index >= 15 is 0 Å². The molecule has 3 heterocycles. The van der Waals surface area contributed by atoms with E-state index in [4.69, 9.17) is 8.37 Å². The molecule has 3 aromatic rings. The van der Waals surface area contributed by atoms with Crippen molar-refractivity contribution in [1.82, 2.24) is 9.47 Å². The first-order valence-electron chi connectivity index (χ1n) is 8.55. The van der Waals surface area contributed by atoms with Crippen molar-refractivity contribution in [2.24, 2.45) is 0 Å². The molecular weight excluding hydrogens is 394 g/mol. The Bertz CT molecular complexity index is 1090. The van der Waals surface area contributed by atoms with Crippen LogP contribution in [-0.4, -0.2) is 50.2 Å². The number of carboxylic acid groups (broad SMARTS) is 1. The molecule has 2 fully saturated rings. The average Bonchev–Trinajstić information content (AvgIpc) is 3.17. The lowest BCUT2D eigenvalue weighted by atomic mass is 9.99. The van der Waals surface area contributed by atoms with Gasteiger partial charge in [-0.3, -0.25) is 8.37 Å². The van der Waals surface area contributed by atoms with Gasteiger partial charge in [-0.1, -0.05) is 0 Å². The Morgan fingerprint density at radius 2 is 1.64 bits per heavy atom. The Morgan fingerprint density at radius 1 is 1.04 bits per heavy atom. The fourth-order valence-corrected chi connectivity index (χ4v) is 4.99. The Morgan fingerprint density at radius 3 is 2.21 bits per heavy atom. The molecule has 7 nitrogen and oxygen atoms in total. The largest absolute Gasteiger partial charge is 0.465 e. The molecule has 0 spiro atoms. The minimum atomic E-state index is -1.98. The fraction of sp³-hybridized carbons (Fsp3) is 0.278. The molecule has 28 heavy (non-hydrogen) atoms. The van der Waals surface area contributed by atoms with Crippen LogP contribution >= 0.6 is 0 Å². The number of rotatable bonds is 1. The van der Waals surface area contributed by atoms with E-state index in [1.54, 1.807) is 16.7 Å². The summed E-state index contributed by atoms with van der Waals surface area (Å²) in [7, 11) is 0. The number of likely N-dealkylation sites (tertiary alicyclic amines) is 1. The molecule has 0 radical (unpaired) electrons. The molecule has 0 aliphatic carbocycles. The van der Waals surface area contributed by atoms with Gasteiger partial charge in [0.05, 0.1) is 12.6 Å². The van der Waals surface area contributed by atoms with Gasteiger partial charge in [0.25, 0.3) is 0 Å². The van der Waals surface area contributed by atoms with E-state index in [9.17, 15) is 22.9 Å². The number of benzene rings is 2. The Labute approximate surface area is 159 Å². The summed E-state index contributed by atoms with van der Waals surface area (Å²) < 4.78 is 52.0. The van der Waals surface area contributed by atoms with Crippen molar-refractivity contribution in [3.8, 4) is 0 Å². The number of halogens is 2. The second kappa shape index (κ2) is 6.23. The van der Waals surface area contributed by atoms with E-state index < -0.39 is 47.3 Å². The maximum atomic E-state index is 13.9. The third-order valence-electron chi connectivity index (χ3n) is 5.27. The fourth-order valence-electron chi connectivity index (χ4n) is 4.14. The van der Waals surface area contributed by atoms with Gasteiger partial charge in [0.2, 0.25) is 0 Å². The Hall–Kier alpha value is -2.56. The second-order valence-electron chi connectivity index (χ2n) is 6.85. The molecule has 1 aromatic heterocycles. The highest BCUT2D eigenvalue weighted by atomic mass is 32.2. The SMILES string of the molecule is O=C(O)N1CC2OS(=O)OC2C(n2c3ccc(F)cc3c3cc(F)ccc32)C1. The van der Waals surface area contributed by atoms with Crippen LogP contribution in [0.3, 0.4) is 0 Å². The highest BCUT2D eigenvalue weighted by Gasteiger charge is 2.48. The first-order chi connectivity index (χ1) is 13.4. The standard InChI is InChI=1S/C18H14F2N2O5S/c19-9-1-3-13-11(5-9)12-6-10(20)2-4-14(12)22(13)15-7-21(18(23)24)8-16-17(15)27-28(25)26-16/h1-6,15-17H,7-8H2,(H,23,24). The van der Waals surface area contributed by atoms with Crippen molar-refractivity contribution in [2.45, 2.75) is 18.2 Å². The van der Waals surface area contributed by atoms with Gasteiger partial charge in [0.15, 0.2) is 0 Å². The van der Waals surface area contributed by atoms with Crippen molar-refractivity contribution in [3.63, 3.8) is 0 Å². The summed E-state index contributed by atoms with van der Waals surface area (Å²) in [5.74, 6) is -0.933. The van der Waals surface area contributed by atoms with Crippen LogP contribution in [0.1, 0.15) is 6.04 Å². The van der Waals surface area contributed by atoms with E-state index in [-0.39, 0.29) is 13.1 Å². The molecule has 2 aliphatic rings. The van der Waals surface area contributed by atoms with E-state index in [1.807, 2.05) is 0 Å². The zero-order valence-electron chi connectivity index (χ0n) is 14.2. The van der Waals surface area contributed by atoms with Gasteiger partial charge in [0.1, 0.15) is 23.8 Å². The molecule has 0 saturated carbocycles. The van der Waals surface area contributed by atoms with Gasteiger partial charge < -0.3 is 14.6 Å².